The fourth-order valence-electron chi connectivity index (χ4n) is 9.14. The van der Waals surface area contributed by atoms with Crippen molar-refractivity contribution in [2.45, 2.75) is 85.1 Å². The lowest BCUT2D eigenvalue weighted by Crippen LogP contribution is -2.56. The Bertz CT molecular complexity index is 914. The summed E-state index contributed by atoms with van der Waals surface area (Å²) >= 11 is 0. The normalized spacial score (nSPS) is 42.1. The molecule has 0 amide bonds. The van der Waals surface area contributed by atoms with Gasteiger partial charge in [0, 0.05) is 18.7 Å². The van der Waals surface area contributed by atoms with Gasteiger partial charge >= 0.3 is 0 Å². The van der Waals surface area contributed by atoms with Gasteiger partial charge in [-0.3, -0.25) is 9.48 Å². The van der Waals surface area contributed by atoms with Crippen LogP contribution in [0.25, 0.3) is 0 Å². The summed E-state index contributed by atoms with van der Waals surface area (Å²) in [4.78, 5) is 13.4. The minimum absolute atomic E-state index is 0.116. The molecule has 0 aromatic carbocycles. The highest BCUT2D eigenvalue weighted by Crippen LogP contribution is 2.68. The Labute approximate surface area is 199 Å². The van der Waals surface area contributed by atoms with E-state index in [1.165, 1.54) is 51.4 Å². The van der Waals surface area contributed by atoms with Crippen molar-refractivity contribution in [2.24, 2.45) is 46.3 Å². The van der Waals surface area contributed by atoms with Crippen LogP contribution in [0.3, 0.4) is 0 Å². The minimum Gasteiger partial charge on any atom is -0.381 e. The SMILES string of the molecule is CCOCC12CCC(C)CC1CCC1C2CCC2(C)C1CC[C@@H]2C(=O)Cn1cc(C#N)cn1. The number of carbonyl (C=O) groups is 1. The second-order valence-electron chi connectivity index (χ2n) is 12.1. The van der Waals surface area contributed by atoms with Crippen molar-refractivity contribution in [3.8, 4) is 6.07 Å². The topological polar surface area (TPSA) is 67.9 Å². The maximum Gasteiger partial charge on any atom is 0.157 e. The smallest absolute Gasteiger partial charge is 0.157 e. The Morgan fingerprint density at radius 3 is 2.82 bits per heavy atom. The Morgan fingerprint density at radius 1 is 1.21 bits per heavy atom. The zero-order valence-corrected chi connectivity index (χ0v) is 20.8. The molecule has 4 fully saturated rings. The standard InChI is InChI=1S/C28H41N3O2/c1-4-33-18-28-12-9-19(2)13-21(28)5-6-22-23-7-8-25(27(23,3)11-10-24(22)28)26(32)17-31-16-20(14-29)15-30-31/h15-16,19,21-25H,4-13,17-18H2,1-3H3/t19?,21?,22?,23?,24?,25-,27?,28?/m1/s1. The molecule has 4 saturated carbocycles. The molecule has 180 valence electrons. The van der Waals surface area contributed by atoms with E-state index >= 15 is 0 Å². The fraction of sp³-hybridized carbons (Fsp3) is 0.821. The van der Waals surface area contributed by atoms with Crippen LogP contribution in [0, 0.1) is 57.7 Å². The first-order valence-electron chi connectivity index (χ1n) is 13.4. The van der Waals surface area contributed by atoms with Gasteiger partial charge in [0.15, 0.2) is 5.78 Å². The van der Waals surface area contributed by atoms with Gasteiger partial charge < -0.3 is 4.74 Å². The van der Waals surface area contributed by atoms with E-state index in [1.54, 1.807) is 17.1 Å². The molecule has 4 aliphatic carbocycles. The summed E-state index contributed by atoms with van der Waals surface area (Å²) in [5, 5.41) is 13.3. The Balaban J connectivity index is 1.36. The molecule has 5 nitrogen and oxygen atoms in total. The zero-order valence-electron chi connectivity index (χ0n) is 20.8. The summed E-state index contributed by atoms with van der Waals surface area (Å²) in [6, 6.07) is 2.11. The number of nitriles is 1. The number of nitrogens with zero attached hydrogens (tertiary/aromatic N) is 3. The predicted molar refractivity (Wildman–Crippen MR) is 127 cm³/mol. The molecule has 0 N–H and O–H groups in total. The van der Waals surface area contributed by atoms with Crippen LogP contribution in [0.5, 0.6) is 0 Å². The van der Waals surface area contributed by atoms with Crippen LogP contribution in [0.15, 0.2) is 12.4 Å². The molecule has 1 aromatic rings. The van der Waals surface area contributed by atoms with Gasteiger partial charge in [0.2, 0.25) is 0 Å². The van der Waals surface area contributed by atoms with E-state index in [2.05, 4.69) is 31.9 Å². The number of Topliss-reactive ketones (excluding diaryl/α,β-unsaturated/α-hetero) is 1. The third-order valence-corrected chi connectivity index (χ3v) is 10.7. The molecule has 1 aromatic heterocycles. The Hall–Kier alpha value is -1.67. The molecular formula is C28H41N3O2. The lowest BCUT2D eigenvalue weighted by molar-refractivity contribution is -0.157. The molecular weight excluding hydrogens is 410 g/mol. The van der Waals surface area contributed by atoms with Crippen molar-refractivity contribution >= 4 is 5.78 Å². The highest BCUT2D eigenvalue weighted by atomic mass is 16.5. The average Bonchev–Trinajstić information content (AvgIpc) is 3.41. The lowest BCUT2D eigenvalue weighted by Gasteiger charge is -2.62. The van der Waals surface area contributed by atoms with E-state index in [4.69, 9.17) is 10.00 Å². The minimum atomic E-state index is 0.116. The van der Waals surface area contributed by atoms with Gasteiger partial charge in [0.05, 0.1) is 24.9 Å². The maximum atomic E-state index is 13.4. The van der Waals surface area contributed by atoms with E-state index in [-0.39, 0.29) is 11.3 Å². The van der Waals surface area contributed by atoms with Gasteiger partial charge in [-0.05, 0) is 98.7 Å². The molecule has 0 aliphatic heterocycles. The second-order valence-corrected chi connectivity index (χ2v) is 12.1. The number of fused-ring (bicyclic) bond motifs is 5. The Morgan fingerprint density at radius 2 is 2.06 bits per heavy atom. The van der Waals surface area contributed by atoms with Crippen LogP contribution < -0.4 is 0 Å². The number of hydrogen-bond acceptors (Lipinski definition) is 4. The summed E-state index contributed by atoms with van der Waals surface area (Å²) in [6.45, 7) is 9.09. The van der Waals surface area contributed by atoms with Crippen molar-refractivity contribution in [1.29, 1.82) is 5.26 Å². The predicted octanol–water partition coefficient (Wildman–Crippen LogP) is 5.64. The summed E-state index contributed by atoms with van der Waals surface area (Å²) in [5.41, 5.74) is 1.01. The van der Waals surface area contributed by atoms with E-state index in [9.17, 15) is 4.79 Å². The molecule has 7 unspecified atom stereocenters. The molecule has 0 spiro atoms. The van der Waals surface area contributed by atoms with Crippen molar-refractivity contribution in [3.05, 3.63) is 18.0 Å². The van der Waals surface area contributed by atoms with E-state index in [0.717, 1.165) is 43.3 Å². The molecule has 4 aliphatic rings. The quantitative estimate of drug-likeness (QED) is 0.562. The lowest BCUT2D eigenvalue weighted by atomic mass is 9.44. The number of aromatic nitrogens is 2. The molecule has 5 heteroatoms. The van der Waals surface area contributed by atoms with Crippen LogP contribution >= 0.6 is 0 Å². The number of ether oxygens (including phenoxy) is 1. The molecule has 8 atom stereocenters. The molecule has 0 radical (unpaired) electrons. The van der Waals surface area contributed by atoms with Crippen LogP contribution in [-0.4, -0.2) is 28.8 Å². The maximum absolute atomic E-state index is 13.4. The van der Waals surface area contributed by atoms with Gasteiger partial charge in [-0.1, -0.05) is 20.3 Å². The Kier molecular flexibility index (Phi) is 6.18. The molecule has 0 saturated heterocycles. The molecule has 1 heterocycles. The number of hydrogen-bond donors (Lipinski definition) is 0. The molecule has 5 rings (SSSR count). The largest absolute Gasteiger partial charge is 0.381 e. The van der Waals surface area contributed by atoms with Crippen molar-refractivity contribution < 1.29 is 9.53 Å². The van der Waals surface area contributed by atoms with Crippen LogP contribution in [0.1, 0.15) is 84.1 Å². The first-order chi connectivity index (χ1) is 15.9. The van der Waals surface area contributed by atoms with Crippen LogP contribution in [0.2, 0.25) is 0 Å². The number of carbonyl (C=O) groups excluding carboxylic acids is 1. The monoisotopic (exact) mass is 451 g/mol. The van der Waals surface area contributed by atoms with Crippen molar-refractivity contribution in [2.75, 3.05) is 13.2 Å². The van der Waals surface area contributed by atoms with Gasteiger partial charge in [-0.15, -0.1) is 0 Å². The second kappa shape index (κ2) is 8.84. The average molecular weight is 452 g/mol. The van der Waals surface area contributed by atoms with Gasteiger partial charge in [-0.25, -0.2) is 0 Å². The van der Waals surface area contributed by atoms with E-state index < -0.39 is 0 Å². The number of rotatable bonds is 6. The zero-order chi connectivity index (χ0) is 23.2. The third-order valence-electron chi connectivity index (χ3n) is 10.7. The first kappa shape index (κ1) is 23.1. The van der Waals surface area contributed by atoms with Gasteiger partial charge in [-0.2, -0.15) is 10.4 Å². The fourth-order valence-corrected chi connectivity index (χ4v) is 9.14. The van der Waals surface area contributed by atoms with E-state index in [1.807, 2.05) is 0 Å². The molecule has 0 bridgehead atoms. The third kappa shape index (κ3) is 3.77. The highest BCUT2D eigenvalue weighted by Gasteiger charge is 2.62. The summed E-state index contributed by atoms with van der Waals surface area (Å²) < 4.78 is 7.87. The highest BCUT2D eigenvalue weighted by molar-refractivity contribution is 5.82. The summed E-state index contributed by atoms with van der Waals surface area (Å²) in [6.07, 6.45) is 14.7. The van der Waals surface area contributed by atoms with Gasteiger partial charge in [0.1, 0.15) is 6.07 Å². The van der Waals surface area contributed by atoms with Crippen molar-refractivity contribution in [1.82, 2.24) is 9.78 Å². The molecule has 33 heavy (non-hydrogen) atoms. The van der Waals surface area contributed by atoms with Crippen LogP contribution in [0.4, 0.5) is 0 Å². The van der Waals surface area contributed by atoms with Crippen molar-refractivity contribution in [3.63, 3.8) is 0 Å². The first-order valence-corrected chi connectivity index (χ1v) is 13.4. The van der Waals surface area contributed by atoms with Crippen LogP contribution in [-0.2, 0) is 16.1 Å². The van der Waals surface area contributed by atoms with Gasteiger partial charge in [0.25, 0.3) is 0 Å². The number of ketones is 1. The summed E-state index contributed by atoms with van der Waals surface area (Å²) in [5.74, 6) is 4.31. The van der Waals surface area contributed by atoms with E-state index in [0.29, 0.717) is 29.2 Å². The summed E-state index contributed by atoms with van der Waals surface area (Å²) in [7, 11) is 0.